The van der Waals surface area contributed by atoms with Crippen molar-refractivity contribution in [3.05, 3.63) is 70.8 Å². The maximum absolute atomic E-state index is 2.61. The molecule has 23 heavy (non-hydrogen) atoms. The largest absolute Gasteiger partial charge is 0.303 e. The van der Waals surface area contributed by atoms with Gasteiger partial charge in [-0.3, -0.25) is 4.90 Å². The molecule has 122 valence electrons. The quantitative estimate of drug-likeness (QED) is 0.825. The summed E-state index contributed by atoms with van der Waals surface area (Å²) in [5, 5.41) is 0. The zero-order chi connectivity index (χ0) is 16.1. The number of hydrogen-bond donors (Lipinski definition) is 0. The Morgan fingerprint density at radius 2 is 1.26 bits per heavy atom. The summed E-state index contributed by atoms with van der Waals surface area (Å²) in [6.45, 7) is 11.2. The molecule has 0 spiro atoms. The maximum atomic E-state index is 2.61. The summed E-state index contributed by atoms with van der Waals surface area (Å²) in [7, 11) is 0. The van der Waals surface area contributed by atoms with Gasteiger partial charge < -0.3 is 4.90 Å². The van der Waals surface area contributed by atoms with E-state index in [1.165, 1.54) is 22.3 Å². The normalized spacial score (nSPS) is 14.9. The lowest BCUT2D eigenvalue weighted by Gasteiger charge is -2.30. The summed E-state index contributed by atoms with van der Waals surface area (Å²) in [6.07, 6.45) is 1.07. The van der Waals surface area contributed by atoms with E-state index in [1.54, 1.807) is 0 Å². The van der Waals surface area contributed by atoms with Crippen LogP contribution in [0, 0.1) is 0 Å². The van der Waals surface area contributed by atoms with Gasteiger partial charge in [0, 0.05) is 26.2 Å². The van der Waals surface area contributed by atoms with Crippen LogP contribution in [0.1, 0.15) is 36.1 Å². The lowest BCUT2D eigenvalue weighted by Crippen LogP contribution is -2.35. The molecule has 0 aliphatic carbocycles. The molecule has 0 fully saturated rings. The number of fused-ring (bicyclic) bond motifs is 2. The fourth-order valence-electron chi connectivity index (χ4n) is 3.49. The van der Waals surface area contributed by atoms with Crippen molar-refractivity contribution in [2.24, 2.45) is 0 Å². The highest BCUT2D eigenvalue weighted by molar-refractivity contribution is 5.38. The highest BCUT2D eigenvalue weighted by atomic mass is 15.2. The van der Waals surface area contributed by atoms with Crippen molar-refractivity contribution in [3.8, 4) is 0 Å². The topological polar surface area (TPSA) is 6.48 Å². The first-order valence-electron chi connectivity index (χ1n) is 8.88. The first-order chi connectivity index (χ1) is 11.3. The van der Waals surface area contributed by atoms with Crippen molar-refractivity contribution in [2.45, 2.75) is 33.4 Å². The predicted octanol–water partition coefficient (Wildman–Crippen LogP) is 3.93. The van der Waals surface area contributed by atoms with Gasteiger partial charge in [0.15, 0.2) is 0 Å². The Labute approximate surface area is 140 Å². The number of hydrogen-bond acceptors (Lipinski definition) is 2. The second-order valence-corrected chi connectivity index (χ2v) is 6.45. The molecule has 0 aromatic heterocycles. The zero-order valence-electron chi connectivity index (χ0n) is 14.5. The third-order valence-electron chi connectivity index (χ3n) is 5.03. The van der Waals surface area contributed by atoms with Crippen molar-refractivity contribution >= 4 is 0 Å². The van der Waals surface area contributed by atoms with E-state index < -0.39 is 0 Å². The molecule has 0 bridgehead atoms. The molecule has 0 saturated carbocycles. The molecular formula is C21H28N2. The Morgan fingerprint density at radius 1 is 0.783 bits per heavy atom. The van der Waals surface area contributed by atoms with Crippen LogP contribution in [0.3, 0.4) is 0 Å². The Morgan fingerprint density at radius 3 is 1.74 bits per heavy atom. The van der Waals surface area contributed by atoms with Gasteiger partial charge in [0.05, 0.1) is 0 Å². The van der Waals surface area contributed by atoms with Crippen molar-refractivity contribution in [3.63, 3.8) is 0 Å². The van der Waals surface area contributed by atoms with Crippen LogP contribution in [0.25, 0.3) is 0 Å². The smallest absolute Gasteiger partial charge is 0.0240 e. The number of likely N-dealkylation sites (N-methyl/N-ethyl adjacent to an activating group) is 1. The molecule has 2 nitrogen and oxygen atoms in total. The maximum Gasteiger partial charge on any atom is 0.0240 e. The summed E-state index contributed by atoms with van der Waals surface area (Å²) in [5.74, 6) is 0. The van der Waals surface area contributed by atoms with Crippen LogP contribution in [0.15, 0.2) is 48.5 Å². The molecule has 0 unspecified atom stereocenters. The molecular weight excluding hydrogens is 280 g/mol. The van der Waals surface area contributed by atoms with E-state index in [1.807, 2.05) is 0 Å². The van der Waals surface area contributed by atoms with Gasteiger partial charge in [-0.1, -0.05) is 62.4 Å². The van der Waals surface area contributed by atoms with E-state index in [0.717, 1.165) is 45.7 Å². The van der Waals surface area contributed by atoms with E-state index in [4.69, 9.17) is 0 Å². The molecule has 0 amide bonds. The monoisotopic (exact) mass is 308 g/mol. The highest BCUT2D eigenvalue weighted by Crippen LogP contribution is 2.24. The second kappa shape index (κ2) is 7.76. The highest BCUT2D eigenvalue weighted by Gasteiger charge is 2.16. The van der Waals surface area contributed by atoms with Crippen LogP contribution in [0.5, 0.6) is 0 Å². The lowest BCUT2D eigenvalue weighted by molar-refractivity contribution is 0.200. The van der Waals surface area contributed by atoms with Crippen LogP contribution in [-0.4, -0.2) is 36.0 Å². The van der Waals surface area contributed by atoms with E-state index in [-0.39, 0.29) is 0 Å². The first kappa shape index (κ1) is 16.2. The average molecular weight is 308 g/mol. The summed E-state index contributed by atoms with van der Waals surface area (Å²) in [5.41, 5.74) is 5.93. The van der Waals surface area contributed by atoms with E-state index in [0.29, 0.717) is 0 Å². The third-order valence-corrected chi connectivity index (χ3v) is 5.03. The van der Waals surface area contributed by atoms with Crippen LogP contribution in [0.2, 0.25) is 0 Å². The molecule has 3 rings (SSSR count). The summed E-state index contributed by atoms with van der Waals surface area (Å²) < 4.78 is 0. The predicted molar refractivity (Wildman–Crippen MR) is 97.6 cm³/mol. The van der Waals surface area contributed by atoms with Gasteiger partial charge in [-0.15, -0.1) is 0 Å². The van der Waals surface area contributed by atoms with Crippen molar-refractivity contribution in [2.75, 3.05) is 26.2 Å². The van der Waals surface area contributed by atoms with Gasteiger partial charge >= 0.3 is 0 Å². The Bertz CT molecular complexity index is 584. The SMILES string of the molecule is CCN(CC)CCN1Cc2ccccc2Cc2ccccc2C1. The second-order valence-electron chi connectivity index (χ2n) is 6.45. The fourth-order valence-corrected chi connectivity index (χ4v) is 3.49. The average Bonchev–Trinajstić information content (AvgIpc) is 2.57. The Hall–Kier alpha value is -1.64. The molecule has 0 atom stereocenters. The van der Waals surface area contributed by atoms with Crippen molar-refractivity contribution < 1.29 is 0 Å². The summed E-state index contributed by atoms with van der Waals surface area (Å²) in [4.78, 5) is 5.12. The fraction of sp³-hybridized carbons (Fsp3) is 0.429. The Kier molecular flexibility index (Phi) is 5.47. The van der Waals surface area contributed by atoms with Crippen LogP contribution in [0.4, 0.5) is 0 Å². The van der Waals surface area contributed by atoms with Gasteiger partial charge in [0.1, 0.15) is 0 Å². The van der Waals surface area contributed by atoms with E-state index in [2.05, 4.69) is 72.2 Å². The van der Waals surface area contributed by atoms with E-state index in [9.17, 15) is 0 Å². The summed E-state index contributed by atoms with van der Waals surface area (Å²) in [6, 6.07) is 17.9. The minimum Gasteiger partial charge on any atom is -0.303 e. The molecule has 0 saturated heterocycles. The number of rotatable bonds is 5. The third kappa shape index (κ3) is 4.01. The van der Waals surface area contributed by atoms with Crippen molar-refractivity contribution in [1.29, 1.82) is 0 Å². The van der Waals surface area contributed by atoms with Crippen molar-refractivity contribution in [1.82, 2.24) is 9.80 Å². The molecule has 1 aliphatic heterocycles. The minimum absolute atomic E-state index is 1.06. The van der Waals surface area contributed by atoms with Gasteiger partial charge in [-0.25, -0.2) is 0 Å². The molecule has 2 aromatic rings. The number of nitrogens with zero attached hydrogens (tertiary/aromatic N) is 2. The molecule has 2 heteroatoms. The zero-order valence-corrected chi connectivity index (χ0v) is 14.5. The van der Waals surface area contributed by atoms with Gasteiger partial charge in [0.2, 0.25) is 0 Å². The standard InChI is InChI=1S/C21H28N2/c1-3-22(4-2)13-14-23-16-20-11-7-5-9-18(20)15-19-10-6-8-12-21(19)17-23/h5-12H,3-4,13-17H2,1-2H3. The van der Waals surface area contributed by atoms with Gasteiger partial charge in [-0.05, 0) is 41.8 Å². The lowest BCUT2D eigenvalue weighted by atomic mass is 9.94. The van der Waals surface area contributed by atoms with Gasteiger partial charge in [0.25, 0.3) is 0 Å². The van der Waals surface area contributed by atoms with Crippen LogP contribution >= 0.6 is 0 Å². The molecule has 0 N–H and O–H groups in total. The van der Waals surface area contributed by atoms with E-state index >= 15 is 0 Å². The molecule has 0 radical (unpaired) electrons. The Balaban J connectivity index is 1.84. The van der Waals surface area contributed by atoms with Crippen LogP contribution < -0.4 is 0 Å². The summed E-state index contributed by atoms with van der Waals surface area (Å²) >= 11 is 0. The number of benzene rings is 2. The minimum atomic E-state index is 1.06. The van der Waals surface area contributed by atoms with Gasteiger partial charge in [-0.2, -0.15) is 0 Å². The molecule has 2 aromatic carbocycles. The van der Waals surface area contributed by atoms with Crippen LogP contribution in [-0.2, 0) is 19.5 Å². The molecule has 1 heterocycles. The first-order valence-corrected chi connectivity index (χ1v) is 8.88. The molecule has 1 aliphatic rings.